The molecule has 1 aromatic heterocycles. The van der Waals surface area contributed by atoms with Gasteiger partial charge >= 0.3 is 0 Å². The summed E-state index contributed by atoms with van der Waals surface area (Å²) in [4.78, 5) is 0. The third kappa shape index (κ3) is 2.04. The van der Waals surface area contributed by atoms with E-state index in [0.717, 1.165) is 17.4 Å². The van der Waals surface area contributed by atoms with E-state index in [2.05, 4.69) is 28.0 Å². The summed E-state index contributed by atoms with van der Waals surface area (Å²) in [5.74, 6) is 0. The second kappa shape index (κ2) is 3.88. The summed E-state index contributed by atoms with van der Waals surface area (Å²) >= 11 is 3.30. The van der Waals surface area contributed by atoms with Gasteiger partial charge in [0.05, 0.1) is 11.1 Å². The van der Waals surface area contributed by atoms with Crippen LogP contribution in [0.3, 0.4) is 0 Å². The standard InChI is InChI=1S/C7H11BrN2O/c1-2-3-10-4-6(8)7(5-11)9-10/h4,11H,2-3,5H2,1H3. The molecule has 0 saturated heterocycles. The number of halogens is 1. The third-order valence-electron chi connectivity index (χ3n) is 1.39. The molecule has 0 amide bonds. The van der Waals surface area contributed by atoms with Gasteiger partial charge in [0.25, 0.3) is 0 Å². The Balaban J connectivity index is 2.77. The monoisotopic (exact) mass is 218 g/mol. The van der Waals surface area contributed by atoms with E-state index in [0.29, 0.717) is 5.69 Å². The van der Waals surface area contributed by atoms with E-state index in [9.17, 15) is 0 Å². The molecule has 0 aliphatic carbocycles. The van der Waals surface area contributed by atoms with Crippen molar-refractivity contribution in [2.75, 3.05) is 0 Å². The van der Waals surface area contributed by atoms with Crippen molar-refractivity contribution in [1.82, 2.24) is 9.78 Å². The predicted octanol–water partition coefficient (Wildman–Crippen LogP) is 1.55. The van der Waals surface area contributed by atoms with Gasteiger partial charge in [0.1, 0.15) is 5.69 Å². The van der Waals surface area contributed by atoms with Gasteiger partial charge in [-0.3, -0.25) is 4.68 Å². The maximum absolute atomic E-state index is 8.79. The number of hydrogen-bond acceptors (Lipinski definition) is 2. The molecule has 0 saturated carbocycles. The molecule has 0 bridgehead atoms. The van der Waals surface area contributed by atoms with Crippen LogP contribution in [-0.4, -0.2) is 14.9 Å². The second-order valence-electron chi connectivity index (χ2n) is 2.34. The van der Waals surface area contributed by atoms with Crippen LogP contribution in [-0.2, 0) is 13.2 Å². The van der Waals surface area contributed by atoms with E-state index in [1.54, 1.807) is 0 Å². The van der Waals surface area contributed by atoms with Crippen LogP contribution in [0, 0.1) is 0 Å². The zero-order valence-electron chi connectivity index (χ0n) is 6.42. The lowest BCUT2D eigenvalue weighted by molar-refractivity contribution is 0.274. The number of aromatic nitrogens is 2. The van der Waals surface area contributed by atoms with Crippen LogP contribution in [0.1, 0.15) is 19.0 Å². The first kappa shape index (κ1) is 8.74. The number of aryl methyl sites for hydroxylation is 1. The molecule has 1 rings (SSSR count). The van der Waals surface area contributed by atoms with Crippen molar-refractivity contribution in [1.29, 1.82) is 0 Å². The molecule has 0 aliphatic heterocycles. The van der Waals surface area contributed by atoms with Crippen LogP contribution >= 0.6 is 15.9 Å². The molecule has 0 spiro atoms. The quantitative estimate of drug-likeness (QED) is 0.837. The Bertz CT molecular complexity index is 234. The number of aliphatic hydroxyl groups excluding tert-OH is 1. The molecule has 0 unspecified atom stereocenters. The molecule has 0 radical (unpaired) electrons. The first-order valence-corrected chi connectivity index (χ1v) is 4.40. The minimum atomic E-state index is -0.00268. The van der Waals surface area contributed by atoms with Gasteiger partial charge in [-0.05, 0) is 22.4 Å². The SMILES string of the molecule is CCCn1cc(Br)c(CO)n1. The maximum Gasteiger partial charge on any atom is 0.102 e. The van der Waals surface area contributed by atoms with Crippen molar-refractivity contribution < 1.29 is 5.11 Å². The Labute approximate surface area is 74.2 Å². The summed E-state index contributed by atoms with van der Waals surface area (Å²) in [5.41, 5.74) is 0.707. The van der Waals surface area contributed by atoms with Gasteiger partial charge in [0.15, 0.2) is 0 Å². The Hall–Kier alpha value is -0.350. The van der Waals surface area contributed by atoms with E-state index in [4.69, 9.17) is 5.11 Å². The van der Waals surface area contributed by atoms with Gasteiger partial charge in [-0.2, -0.15) is 5.10 Å². The van der Waals surface area contributed by atoms with Gasteiger partial charge in [-0.25, -0.2) is 0 Å². The van der Waals surface area contributed by atoms with Gasteiger partial charge in [0, 0.05) is 12.7 Å². The molecular formula is C7H11BrN2O. The lowest BCUT2D eigenvalue weighted by atomic mass is 10.5. The molecule has 4 heteroatoms. The Morgan fingerprint density at radius 3 is 2.91 bits per heavy atom. The topological polar surface area (TPSA) is 38.0 Å². The smallest absolute Gasteiger partial charge is 0.102 e. The molecule has 1 N–H and O–H groups in total. The minimum absolute atomic E-state index is 0.00268. The molecule has 3 nitrogen and oxygen atoms in total. The summed E-state index contributed by atoms with van der Waals surface area (Å²) in [6.45, 7) is 2.99. The fraction of sp³-hybridized carbons (Fsp3) is 0.571. The molecular weight excluding hydrogens is 208 g/mol. The average molecular weight is 219 g/mol. The summed E-state index contributed by atoms with van der Waals surface area (Å²) in [6, 6.07) is 0. The summed E-state index contributed by atoms with van der Waals surface area (Å²) in [7, 11) is 0. The largest absolute Gasteiger partial charge is 0.390 e. The van der Waals surface area contributed by atoms with Crippen LogP contribution in [0.5, 0.6) is 0 Å². The Morgan fingerprint density at radius 1 is 1.73 bits per heavy atom. The highest BCUT2D eigenvalue weighted by Crippen LogP contribution is 2.14. The highest BCUT2D eigenvalue weighted by Gasteiger charge is 2.03. The fourth-order valence-electron chi connectivity index (χ4n) is 0.888. The van der Waals surface area contributed by atoms with E-state index in [1.165, 1.54) is 0 Å². The van der Waals surface area contributed by atoms with Crippen LogP contribution in [0.15, 0.2) is 10.7 Å². The molecule has 1 aromatic rings. The van der Waals surface area contributed by atoms with Gasteiger partial charge in [-0.1, -0.05) is 6.92 Å². The minimum Gasteiger partial charge on any atom is -0.390 e. The maximum atomic E-state index is 8.79. The van der Waals surface area contributed by atoms with Gasteiger partial charge in [0.2, 0.25) is 0 Å². The summed E-state index contributed by atoms with van der Waals surface area (Å²) in [6.07, 6.45) is 2.94. The van der Waals surface area contributed by atoms with Crippen LogP contribution in [0.4, 0.5) is 0 Å². The molecule has 62 valence electrons. The van der Waals surface area contributed by atoms with Crippen molar-refractivity contribution in [2.24, 2.45) is 0 Å². The number of aliphatic hydroxyl groups is 1. The van der Waals surface area contributed by atoms with Crippen molar-refractivity contribution in [2.45, 2.75) is 26.5 Å². The van der Waals surface area contributed by atoms with Crippen LogP contribution in [0.25, 0.3) is 0 Å². The fourth-order valence-corrected chi connectivity index (χ4v) is 1.33. The van der Waals surface area contributed by atoms with E-state index in [1.807, 2.05) is 10.9 Å². The summed E-state index contributed by atoms with van der Waals surface area (Å²) < 4.78 is 2.71. The second-order valence-corrected chi connectivity index (χ2v) is 3.20. The third-order valence-corrected chi connectivity index (χ3v) is 2.05. The molecule has 0 fully saturated rings. The first-order chi connectivity index (χ1) is 5.27. The summed E-state index contributed by atoms with van der Waals surface area (Å²) in [5, 5.41) is 12.9. The van der Waals surface area contributed by atoms with E-state index >= 15 is 0 Å². The normalized spacial score (nSPS) is 10.5. The van der Waals surface area contributed by atoms with Crippen molar-refractivity contribution in [3.63, 3.8) is 0 Å². The molecule has 11 heavy (non-hydrogen) atoms. The molecule has 0 atom stereocenters. The lowest BCUT2D eigenvalue weighted by Crippen LogP contribution is -1.97. The number of rotatable bonds is 3. The highest BCUT2D eigenvalue weighted by molar-refractivity contribution is 9.10. The Morgan fingerprint density at radius 2 is 2.45 bits per heavy atom. The zero-order chi connectivity index (χ0) is 8.27. The van der Waals surface area contributed by atoms with Crippen molar-refractivity contribution in [3.8, 4) is 0 Å². The number of hydrogen-bond donors (Lipinski definition) is 1. The first-order valence-electron chi connectivity index (χ1n) is 3.60. The average Bonchev–Trinajstić information content (AvgIpc) is 2.32. The van der Waals surface area contributed by atoms with Crippen molar-refractivity contribution >= 4 is 15.9 Å². The van der Waals surface area contributed by atoms with E-state index in [-0.39, 0.29) is 6.61 Å². The van der Waals surface area contributed by atoms with Crippen LogP contribution < -0.4 is 0 Å². The number of nitrogens with zero attached hydrogens (tertiary/aromatic N) is 2. The molecule has 0 aliphatic rings. The predicted molar refractivity (Wildman–Crippen MR) is 46.1 cm³/mol. The molecule has 1 heterocycles. The zero-order valence-corrected chi connectivity index (χ0v) is 8.00. The van der Waals surface area contributed by atoms with Crippen LogP contribution in [0.2, 0.25) is 0 Å². The highest BCUT2D eigenvalue weighted by atomic mass is 79.9. The Kier molecular flexibility index (Phi) is 3.08. The van der Waals surface area contributed by atoms with Gasteiger partial charge in [-0.15, -0.1) is 0 Å². The van der Waals surface area contributed by atoms with Crippen molar-refractivity contribution in [3.05, 3.63) is 16.4 Å². The van der Waals surface area contributed by atoms with E-state index < -0.39 is 0 Å². The lowest BCUT2D eigenvalue weighted by Gasteiger charge is -1.94. The van der Waals surface area contributed by atoms with Gasteiger partial charge < -0.3 is 5.11 Å². The molecule has 0 aromatic carbocycles.